The van der Waals surface area contributed by atoms with Crippen molar-refractivity contribution in [1.29, 1.82) is 0 Å². The molecule has 0 unspecified atom stereocenters. The molecule has 3 N–H and O–H groups in total. The monoisotopic (exact) mass is 198 g/mol. The van der Waals surface area contributed by atoms with Gasteiger partial charge in [0.2, 0.25) is 0 Å². The molecule has 0 aliphatic carbocycles. The smallest absolute Gasteiger partial charge is 0.200 e. The number of phenols is 3. The highest BCUT2D eigenvalue weighted by atomic mass is 16.7. The Morgan fingerprint density at radius 3 is 2.00 bits per heavy atom. The van der Waals surface area contributed by atoms with Crippen molar-refractivity contribution >= 4 is 0 Å². The molecule has 1 aromatic carbocycles. The van der Waals surface area contributed by atoms with E-state index in [0.717, 1.165) is 0 Å². The predicted molar refractivity (Wildman–Crippen MR) is 46.1 cm³/mol. The van der Waals surface area contributed by atoms with Gasteiger partial charge in [0.25, 0.3) is 0 Å². The van der Waals surface area contributed by atoms with Gasteiger partial charge in [0.15, 0.2) is 23.5 Å². The fraction of sp³-hybridized carbons (Fsp3) is 0.333. The van der Waals surface area contributed by atoms with Crippen molar-refractivity contribution in [1.82, 2.24) is 0 Å². The van der Waals surface area contributed by atoms with Crippen LogP contribution in [0, 0.1) is 0 Å². The van der Waals surface area contributed by atoms with Crippen molar-refractivity contribution in [3.05, 3.63) is 17.7 Å². The highest BCUT2D eigenvalue weighted by Gasteiger charge is 2.21. The Kier molecular flexibility index (Phi) is 2.18. The molecular weight excluding hydrogens is 188 g/mol. The molecule has 0 radical (unpaired) electrons. The molecule has 1 fully saturated rings. The van der Waals surface area contributed by atoms with Crippen LogP contribution in [0.25, 0.3) is 0 Å². The van der Waals surface area contributed by atoms with Gasteiger partial charge in [0, 0.05) is 5.56 Å². The van der Waals surface area contributed by atoms with Crippen LogP contribution in [0.5, 0.6) is 17.2 Å². The van der Waals surface area contributed by atoms with E-state index in [9.17, 15) is 10.2 Å². The molecule has 1 saturated heterocycles. The summed E-state index contributed by atoms with van der Waals surface area (Å²) in [7, 11) is 0. The van der Waals surface area contributed by atoms with Gasteiger partial charge in [-0.2, -0.15) is 0 Å². The van der Waals surface area contributed by atoms with Gasteiger partial charge in [-0.1, -0.05) is 0 Å². The van der Waals surface area contributed by atoms with Gasteiger partial charge in [0.05, 0.1) is 13.2 Å². The third-order valence-corrected chi connectivity index (χ3v) is 1.99. The van der Waals surface area contributed by atoms with Crippen molar-refractivity contribution in [2.75, 3.05) is 13.2 Å². The van der Waals surface area contributed by atoms with E-state index < -0.39 is 12.0 Å². The number of benzene rings is 1. The standard InChI is InChI=1S/C9H10O5/c10-6-3-5(4-7(11)8(6)12)9-13-1-2-14-9/h3-4,9-12H,1-2H2. The van der Waals surface area contributed by atoms with Crippen LogP contribution in [-0.4, -0.2) is 28.5 Å². The third kappa shape index (κ3) is 1.47. The maximum absolute atomic E-state index is 9.22. The van der Waals surface area contributed by atoms with E-state index in [1.165, 1.54) is 12.1 Å². The Hall–Kier alpha value is -1.46. The lowest BCUT2D eigenvalue weighted by atomic mass is 10.2. The zero-order chi connectivity index (χ0) is 10.1. The molecule has 5 nitrogen and oxygen atoms in total. The molecule has 1 aliphatic rings. The number of rotatable bonds is 1. The lowest BCUT2D eigenvalue weighted by molar-refractivity contribution is -0.0443. The topological polar surface area (TPSA) is 79.2 Å². The summed E-state index contributed by atoms with van der Waals surface area (Å²) >= 11 is 0. The summed E-state index contributed by atoms with van der Waals surface area (Å²) in [5, 5.41) is 27.5. The fourth-order valence-electron chi connectivity index (χ4n) is 1.31. The van der Waals surface area contributed by atoms with E-state index >= 15 is 0 Å². The van der Waals surface area contributed by atoms with Gasteiger partial charge in [-0.25, -0.2) is 0 Å². The van der Waals surface area contributed by atoms with Crippen LogP contribution in [0.15, 0.2) is 12.1 Å². The van der Waals surface area contributed by atoms with Crippen molar-refractivity contribution in [3.8, 4) is 17.2 Å². The Balaban J connectivity index is 2.34. The Bertz CT molecular complexity index is 320. The number of ether oxygens (including phenoxy) is 2. The first-order valence-corrected chi connectivity index (χ1v) is 4.16. The van der Waals surface area contributed by atoms with E-state index in [2.05, 4.69) is 0 Å². The van der Waals surface area contributed by atoms with Crippen molar-refractivity contribution in [2.45, 2.75) is 6.29 Å². The van der Waals surface area contributed by atoms with Gasteiger partial charge in [-0.3, -0.25) is 0 Å². The molecule has 0 saturated carbocycles. The molecule has 0 atom stereocenters. The molecule has 5 heteroatoms. The van der Waals surface area contributed by atoms with Crippen molar-refractivity contribution < 1.29 is 24.8 Å². The highest BCUT2D eigenvalue weighted by molar-refractivity contribution is 5.51. The van der Waals surface area contributed by atoms with Crippen LogP contribution in [0.4, 0.5) is 0 Å². The second-order valence-corrected chi connectivity index (χ2v) is 2.98. The van der Waals surface area contributed by atoms with Gasteiger partial charge < -0.3 is 24.8 Å². The van der Waals surface area contributed by atoms with Crippen LogP contribution in [-0.2, 0) is 9.47 Å². The molecule has 76 valence electrons. The van der Waals surface area contributed by atoms with Gasteiger partial charge in [-0.15, -0.1) is 0 Å². The highest BCUT2D eigenvalue weighted by Crippen LogP contribution is 2.38. The zero-order valence-corrected chi connectivity index (χ0v) is 7.30. The zero-order valence-electron chi connectivity index (χ0n) is 7.30. The van der Waals surface area contributed by atoms with Crippen LogP contribution >= 0.6 is 0 Å². The molecule has 2 rings (SSSR count). The van der Waals surface area contributed by atoms with E-state index in [0.29, 0.717) is 18.8 Å². The number of hydrogen-bond donors (Lipinski definition) is 3. The Morgan fingerprint density at radius 2 is 1.50 bits per heavy atom. The summed E-state index contributed by atoms with van der Waals surface area (Å²) in [6, 6.07) is 2.59. The first-order valence-electron chi connectivity index (χ1n) is 4.16. The van der Waals surface area contributed by atoms with E-state index in [1.54, 1.807) is 0 Å². The molecule has 0 bridgehead atoms. The molecular formula is C9H10O5. The summed E-state index contributed by atoms with van der Waals surface area (Å²) in [5.41, 5.74) is 0.482. The second-order valence-electron chi connectivity index (χ2n) is 2.98. The van der Waals surface area contributed by atoms with Gasteiger partial charge in [0.1, 0.15) is 0 Å². The molecule has 1 aliphatic heterocycles. The van der Waals surface area contributed by atoms with E-state index in [1.807, 2.05) is 0 Å². The molecule has 0 spiro atoms. The number of hydrogen-bond acceptors (Lipinski definition) is 5. The van der Waals surface area contributed by atoms with Crippen LogP contribution in [0.3, 0.4) is 0 Å². The summed E-state index contributed by atoms with van der Waals surface area (Å²) in [5.74, 6) is -1.31. The average Bonchev–Trinajstić information content (AvgIpc) is 2.66. The molecule has 1 aromatic rings. The third-order valence-electron chi connectivity index (χ3n) is 1.99. The Morgan fingerprint density at radius 1 is 1.00 bits per heavy atom. The predicted octanol–water partition coefficient (Wildman–Crippen LogP) is 0.849. The first-order chi connectivity index (χ1) is 6.68. The normalized spacial score (nSPS) is 17.4. The van der Waals surface area contributed by atoms with Crippen molar-refractivity contribution in [3.63, 3.8) is 0 Å². The molecule has 14 heavy (non-hydrogen) atoms. The number of phenolic OH excluding ortho intramolecular Hbond substituents is 3. The summed E-state index contributed by atoms with van der Waals surface area (Å²) in [6.45, 7) is 0.958. The fourth-order valence-corrected chi connectivity index (χ4v) is 1.31. The minimum atomic E-state index is -0.576. The molecule has 0 aromatic heterocycles. The van der Waals surface area contributed by atoms with Crippen LogP contribution < -0.4 is 0 Å². The summed E-state index contributed by atoms with van der Waals surface area (Å²) in [6.07, 6.45) is -0.576. The SMILES string of the molecule is Oc1cc(C2OCCO2)cc(O)c1O. The average molecular weight is 198 g/mol. The summed E-state index contributed by atoms with van der Waals surface area (Å²) < 4.78 is 10.3. The first kappa shape index (κ1) is 9.11. The quantitative estimate of drug-likeness (QED) is 0.583. The lowest BCUT2D eigenvalue weighted by Crippen LogP contribution is -1.97. The molecule has 0 amide bonds. The maximum Gasteiger partial charge on any atom is 0.200 e. The second kappa shape index (κ2) is 3.36. The van der Waals surface area contributed by atoms with Crippen LogP contribution in [0.1, 0.15) is 11.9 Å². The van der Waals surface area contributed by atoms with Gasteiger partial charge in [-0.05, 0) is 12.1 Å². The van der Waals surface area contributed by atoms with E-state index in [4.69, 9.17) is 14.6 Å². The van der Waals surface area contributed by atoms with Crippen molar-refractivity contribution in [2.24, 2.45) is 0 Å². The maximum atomic E-state index is 9.22. The largest absolute Gasteiger partial charge is 0.504 e. The van der Waals surface area contributed by atoms with E-state index in [-0.39, 0.29) is 11.5 Å². The summed E-state index contributed by atoms with van der Waals surface area (Å²) in [4.78, 5) is 0. The lowest BCUT2D eigenvalue weighted by Gasteiger charge is -2.10. The molecule has 1 heterocycles. The van der Waals surface area contributed by atoms with Gasteiger partial charge >= 0.3 is 0 Å². The van der Waals surface area contributed by atoms with Crippen LogP contribution in [0.2, 0.25) is 0 Å². The Labute approximate surface area is 80.1 Å². The number of aromatic hydroxyl groups is 3. The minimum absolute atomic E-state index is 0.390. The minimum Gasteiger partial charge on any atom is -0.504 e.